The van der Waals surface area contributed by atoms with E-state index < -0.39 is 0 Å². The maximum Gasteiger partial charge on any atom is 0.293 e. The normalized spacial score (nSPS) is 15.5. The molecule has 7 heteroatoms. The van der Waals surface area contributed by atoms with Crippen LogP contribution in [0.3, 0.4) is 0 Å². The van der Waals surface area contributed by atoms with Crippen LogP contribution in [0.1, 0.15) is 21.5 Å². The average Bonchev–Trinajstić information content (AvgIpc) is 2.91. The number of nitrogens with zero attached hydrogens (tertiary/aromatic N) is 1. The van der Waals surface area contributed by atoms with Crippen LogP contribution in [0.5, 0.6) is 0 Å². The molecule has 1 aliphatic heterocycles. The van der Waals surface area contributed by atoms with Gasteiger partial charge < -0.3 is 5.32 Å². The third kappa shape index (κ3) is 4.78. The molecule has 0 radical (unpaired) electrons. The van der Waals surface area contributed by atoms with E-state index in [9.17, 15) is 14.4 Å². The molecule has 5 nitrogen and oxygen atoms in total. The smallest absolute Gasteiger partial charge is 0.293 e. The van der Waals surface area contributed by atoms with Gasteiger partial charge in [0.1, 0.15) is 0 Å². The number of carbonyl (C=O) groups excluding carboxylic acids is 3. The number of benzene rings is 2. The van der Waals surface area contributed by atoms with Gasteiger partial charge in [-0.25, -0.2) is 0 Å². The van der Waals surface area contributed by atoms with Gasteiger partial charge in [-0.2, -0.15) is 0 Å². The van der Waals surface area contributed by atoms with Gasteiger partial charge in [-0.1, -0.05) is 41.4 Å². The van der Waals surface area contributed by atoms with E-state index in [1.807, 2.05) is 31.2 Å². The lowest BCUT2D eigenvalue weighted by molar-refractivity contribution is -0.122. The predicted molar refractivity (Wildman–Crippen MR) is 108 cm³/mol. The zero-order valence-corrected chi connectivity index (χ0v) is 16.1. The molecule has 0 saturated carbocycles. The number of halogens is 1. The molecular weight excluding hydrogens is 384 g/mol. The third-order valence-electron chi connectivity index (χ3n) is 3.98. The van der Waals surface area contributed by atoms with Crippen molar-refractivity contribution in [1.29, 1.82) is 0 Å². The molecule has 3 amide bonds. The minimum atomic E-state index is -0.341. The maximum absolute atomic E-state index is 12.5. The van der Waals surface area contributed by atoms with Crippen molar-refractivity contribution in [2.75, 3.05) is 13.1 Å². The second kappa shape index (κ2) is 8.41. The van der Waals surface area contributed by atoms with Crippen LogP contribution in [0.4, 0.5) is 4.79 Å². The minimum absolute atomic E-state index is 0.120. The van der Waals surface area contributed by atoms with Crippen LogP contribution in [0.2, 0.25) is 5.02 Å². The largest absolute Gasteiger partial charge is 0.350 e. The molecular formula is C20H17ClN2O3S. The monoisotopic (exact) mass is 400 g/mol. The Morgan fingerprint density at radius 2 is 1.78 bits per heavy atom. The van der Waals surface area contributed by atoms with Crippen LogP contribution >= 0.6 is 23.4 Å². The van der Waals surface area contributed by atoms with Gasteiger partial charge in [-0.3, -0.25) is 19.3 Å². The SMILES string of the molecule is Cc1ccc(/C=C2\SC(=O)N(CCNC(=O)c3ccc(Cl)cc3)C2=O)cc1. The first-order valence-electron chi connectivity index (χ1n) is 8.30. The second-order valence-corrected chi connectivity index (χ2v) is 7.44. The summed E-state index contributed by atoms with van der Waals surface area (Å²) < 4.78 is 0. The number of aryl methyl sites for hydroxylation is 1. The molecule has 2 aromatic rings. The number of amides is 3. The summed E-state index contributed by atoms with van der Waals surface area (Å²) in [6, 6.07) is 14.2. The van der Waals surface area contributed by atoms with Crippen LogP contribution in [0, 0.1) is 6.92 Å². The first-order valence-corrected chi connectivity index (χ1v) is 9.49. The van der Waals surface area contributed by atoms with Crippen molar-refractivity contribution in [3.63, 3.8) is 0 Å². The van der Waals surface area contributed by atoms with Gasteiger partial charge in [0.15, 0.2) is 0 Å². The zero-order chi connectivity index (χ0) is 19.4. The zero-order valence-electron chi connectivity index (χ0n) is 14.6. The van der Waals surface area contributed by atoms with Gasteiger partial charge in [0.2, 0.25) is 0 Å². The quantitative estimate of drug-likeness (QED) is 0.767. The van der Waals surface area contributed by atoms with E-state index in [4.69, 9.17) is 11.6 Å². The molecule has 0 atom stereocenters. The summed E-state index contributed by atoms with van der Waals surface area (Å²) >= 11 is 6.71. The topological polar surface area (TPSA) is 66.5 Å². The van der Waals surface area contributed by atoms with E-state index in [2.05, 4.69) is 5.32 Å². The lowest BCUT2D eigenvalue weighted by Crippen LogP contribution is -2.37. The number of nitrogens with one attached hydrogen (secondary N) is 1. The van der Waals surface area contributed by atoms with Crippen molar-refractivity contribution < 1.29 is 14.4 Å². The van der Waals surface area contributed by atoms with Gasteiger partial charge in [-0.15, -0.1) is 0 Å². The van der Waals surface area contributed by atoms with E-state index >= 15 is 0 Å². The van der Waals surface area contributed by atoms with Gasteiger partial charge in [0, 0.05) is 23.7 Å². The van der Waals surface area contributed by atoms with E-state index in [1.165, 1.54) is 0 Å². The molecule has 1 fully saturated rings. The molecule has 2 aromatic carbocycles. The van der Waals surface area contributed by atoms with Crippen LogP contribution in [0.25, 0.3) is 6.08 Å². The molecule has 138 valence electrons. The van der Waals surface area contributed by atoms with E-state index in [0.717, 1.165) is 27.8 Å². The number of imide groups is 1. The van der Waals surface area contributed by atoms with Gasteiger partial charge in [0.05, 0.1) is 4.91 Å². The van der Waals surface area contributed by atoms with Crippen LogP contribution in [-0.2, 0) is 4.79 Å². The summed E-state index contributed by atoms with van der Waals surface area (Å²) in [5.74, 6) is -0.625. The number of carbonyl (C=O) groups is 3. The molecule has 1 saturated heterocycles. The standard InChI is InChI=1S/C20H17ClN2O3S/c1-13-2-4-14(5-3-13)12-17-19(25)23(20(26)27-17)11-10-22-18(24)15-6-8-16(21)9-7-15/h2-9,12H,10-11H2,1H3,(H,22,24)/b17-12-. The van der Waals surface area contributed by atoms with Crippen LogP contribution in [0.15, 0.2) is 53.4 Å². The second-order valence-electron chi connectivity index (χ2n) is 6.01. The van der Waals surface area contributed by atoms with Crippen LogP contribution in [-0.4, -0.2) is 35.0 Å². The van der Waals surface area contributed by atoms with Gasteiger partial charge in [-0.05, 0) is 54.6 Å². The number of thioether (sulfide) groups is 1. The summed E-state index contributed by atoms with van der Waals surface area (Å²) in [6.07, 6.45) is 1.70. The lowest BCUT2D eigenvalue weighted by Gasteiger charge is -2.13. The number of rotatable bonds is 5. The van der Waals surface area contributed by atoms with E-state index in [0.29, 0.717) is 15.5 Å². The Labute approximate surface area is 166 Å². The Kier molecular flexibility index (Phi) is 5.98. The van der Waals surface area contributed by atoms with E-state index in [1.54, 1.807) is 30.3 Å². The van der Waals surface area contributed by atoms with E-state index in [-0.39, 0.29) is 30.1 Å². The molecule has 0 aromatic heterocycles. The molecule has 27 heavy (non-hydrogen) atoms. The molecule has 0 spiro atoms. The van der Waals surface area contributed by atoms with Crippen molar-refractivity contribution in [2.45, 2.75) is 6.92 Å². The molecule has 0 unspecified atom stereocenters. The molecule has 1 N–H and O–H groups in total. The summed E-state index contributed by atoms with van der Waals surface area (Å²) in [5, 5.41) is 2.91. The molecule has 1 heterocycles. The molecule has 1 aliphatic rings. The molecule has 0 bridgehead atoms. The fourth-order valence-corrected chi connectivity index (χ4v) is 3.48. The fourth-order valence-electron chi connectivity index (χ4n) is 2.49. The minimum Gasteiger partial charge on any atom is -0.350 e. The van der Waals surface area contributed by atoms with Gasteiger partial charge >= 0.3 is 0 Å². The highest BCUT2D eigenvalue weighted by Crippen LogP contribution is 2.31. The van der Waals surface area contributed by atoms with Crippen LogP contribution < -0.4 is 5.32 Å². The maximum atomic E-state index is 12.5. The third-order valence-corrected chi connectivity index (χ3v) is 5.14. The number of hydrogen-bond acceptors (Lipinski definition) is 4. The summed E-state index contributed by atoms with van der Waals surface area (Å²) in [6.45, 7) is 2.28. The Bertz CT molecular complexity index is 908. The highest BCUT2D eigenvalue weighted by molar-refractivity contribution is 8.18. The van der Waals surface area contributed by atoms with Crippen molar-refractivity contribution in [2.24, 2.45) is 0 Å². The van der Waals surface area contributed by atoms with Crippen molar-refractivity contribution in [3.8, 4) is 0 Å². The highest BCUT2D eigenvalue weighted by Gasteiger charge is 2.34. The van der Waals surface area contributed by atoms with Crippen molar-refractivity contribution >= 4 is 46.5 Å². The first kappa shape index (κ1) is 19.2. The molecule has 3 rings (SSSR count). The Morgan fingerprint density at radius 3 is 2.44 bits per heavy atom. The summed E-state index contributed by atoms with van der Waals surface area (Å²) in [7, 11) is 0. The predicted octanol–water partition coefficient (Wildman–Crippen LogP) is 4.11. The summed E-state index contributed by atoms with van der Waals surface area (Å²) in [4.78, 5) is 38.2. The lowest BCUT2D eigenvalue weighted by atomic mass is 10.1. The van der Waals surface area contributed by atoms with Crippen molar-refractivity contribution in [3.05, 3.63) is 75.1 Å². The Hall–Kier alpha value is -2.57. The first-order chi connectivity index (χ1) is 12.9. The number of hydrogen-bond donors (Lipinski definition) is 1. The Balaban J connectivity index is 1.58. The fraction of sp³-hybridized carbons (Fsp3) is 0.150. The highest BCUT2D eigenvalue weighted by atomic mass is 35.5. The molecule has 0 aliphatic carbocycles. The summed E-state index contributed by atoms with van der Waals surface area (Å²) in [5.41, 5.74) is 2.45. The Morgan fingerprint density at radius 1 is 1.11 bits per heavy atom. The average molecular weight is 401 g/mol. The van der Waals surface area contributed by atoms with Crippen molar-refractivity contribution in [1.82, 2.24) is 10.2 Å². The van der Waals surface area contributed by atoms with Gasteiger partial charge in [0.25, 0.3) is 17.1 Å².